The van der Waals surface area contributed by atoms with E-state index >= 15 is 0 Å². The number of carboxylic acids is 1. The summed E-state index contributed by atoms with van der Waals surface area (Å²) in [6.07, 6.45) is -0.0317. The third-order valence-corrected chi connectivity index (χ3v) is 1.78. The molecule has 1 atom stereocenters. The number of aliphatic hydroxyl groups excluding tert-OH is 1. The summed E-state index contributed by atoms with van der Waals surface area (Å²) in [6.45, 7) is 1.17. The molecule has 0 saturated heterocycles. The first-order chi connectivity index (χ1) is 7.47. The summed E-state index contributed by atoms with van der Waals surface area (Å²) >= 11 is 0. The third-order valence-electron chi connectivity index (χ3n) is 1.78. The van der Waals surface area contributed by atoms with E-state index in [1.807, 2.05) is 0 Å². The van der Waals surface area contributed by atoms with Crippen molar-refractivity contribution in [2.24, 2.45) is 0 Å². The van der Waals surface area contributed by atoms with Gasteiger partial charge in [-0.3, -0.25) is 9.59 Å². The highest BCUT2D eigenvalue weighted by atomic mass is 16.4. The fourth-order valence-electron chi connectivity index (χ4n) is 1.01. The molecule has 0 saturated carbocycles. The molecule has 0 unspecified atom stereocenters. The van der Waals surface area contributed by atoms with Gasteiger partial charge in [0, 0.05) is 32.9 Å². The van der Waals surface area contributed by atoms with Gasteiger partial charge in [-0.1, -0.05) is 0 Å². The highest BCUT2D eigenvalue weighted by molar-refractivity contribution is 5.84. The van der Waals surface area contributed by atoms with Crippen LogP contribution in [-0.4, -0.2) is 47.2 Å². The molecule has 0 rings (SSSR count). The standard InChI is InChI=1S/C9H16N2O5/c1-6(13)10-4-2-8(14)11-7(3-5-12)9(15)16/h7,12H,2-5H2,1H3,(H,10,13)(H,11,14)(H,15,16)/t7-/m0/s1. The molecular weight excluding hydrogens is 216 g/mol. The number of hydrogen-bond acceptors (Lipinski definition) is 4. The molecule has 0 aromatic carbocycles. The summed E-state index contributed by atoms with van der Waals surface area (Å²) in [4.78, 5) is 32.3. The molecule has 2 amide bonds. The highest BCUT2D eigenvalue weighted by Crippen LogP contribution is 1.92. The Bertz CT molecular complexity index is 267. The number of rotatable bonds is 7. The average molecular weight is 232 g/mol. The molecule has 0 aliphatic carbocycles. The van der Waals surface area contributed by atoms with Crippen molar-refractivity contribution in [1.82, 2.24) is 10.6 Å². The second-order valence-electron chi connectivity index (χ2n) is 3.20. The molecule has 0 heterocycles. The molecule has 0 fully saturated rings. The summed E-state index contributed by atoms with van der Waals surface area (Å²) in [6, 6.07) is -1.09. The number of carbonyl (C=O) groups is 3. The lowest BCUT2D eigenvalue weighted by Gasteiger charge is -2.13. The molecule has 0 aliphatic heterocycles. The zero-order valence-corrected chi connectivity index (χ0v) is 9.02. The molecule has 4 N–H and O–H groups in total. The lowest BCUT2D eigenvalue weighted by molar-refractivity contribution is -0.142. The van der Waals surface area contributed by atoms with Crippen LogP contribution in [0, 0.1) is 0 Å². The molecule has 0 radical (unpaired) electrons. The number of hydrogen-bond donors (Lipinski definition) is 4. The number of amides is 2. The van der Waals surface area contributed by atoms with Crippen molar-refractivity contribution in [2.75, 3.05) is 13.2 Å². The molecule has 0 aromatic rings. The van der Waals surface area contributed by atoms with Gasteiger partial charge in [-0.15, -0.1) is 0 Å². The zero-order chi connectivity index (χ0) is 12.6. The van der Waals surface area contributed by atoms with Gasteiger partial charge in [0.05, 0.1) is 0 Å². The Morgan fingerprint density at radius 1 is 1.31 bits per heavy atom. The zero-order valence-electron chi connectivity index (χ0n) is 9.02. The number of carbonyl (C=O) groups excluding carboxylic acids is 2. The van der Waals surface area contributed by atoms with E-state index in [0.717, 1.165) is 0 Å². The maximum absolute atomic E-state index is 11.2. The Morgan fingerprint density at radius 3 is 2.38 bits per heavy atom. The van der Waals surface area contributed by atoms with Crippen LogP contribution in [0.2, 0.25) is 0 Å². The fraction of sp³-hybridized carbons (Fsp3) is 0.667. The number of nitrogens with one attached hydrogen (secondary N) is 2. The lowest BCUT2D eigenvalue weighted by atomic mass is 10.2. The van der Waals surface area contributed by atoms with E-state index in [1.54, 1.807) is 0 Å². The van der Waals surface area contributed by atoms with E-state index in [-0.39, 0.29) is 31.9 Å². The number of aliphatic carboxylic acids is 1. The Labute approximate surface area is 92.8 Å². The van der Waals surface area contributed by atoms with Crippen LogP contribution in [0.5, 0.6) is 0 Å². The maximum Gasteiger partial charge on any atom is 0.326 e. The smallest absolute Gasteiger partial charge is 0.326 e. The van der Waals surface area contributed by atoms with Gasteiger partial charge in [0.25, 0.3) is 0 Å². The normalized spacial score (nSPS) is 11.6. The van der Waals surface area contributed by atoms with E-state index in [2.05, 4.69) is 10.6 Å². The summed E-state index contributed by atoms with van der Waals surface area (Å²) in [5, 5.41) is 21.9. The van der Waals surface area contributed by atoms with Gasteiger partial charge >= 0.3 is 5.97 Å². The summed E-state index contributed by atoms with van der Waals surface area (Å²) in [5.41, 5.74) is 0. The molecule has 92 valence electrons. The van der Waals surface area contributed by atoms with Crippen LogP contribution < -0.4 is 10.6 Å². The lowest BCUT2D eigenvalue weighted by Crippen LogP contribution is -2.42. The molecule has 0 aromatic heterocycles. The van der Waals surface area contributed by atoms with Gasteiger partial charge in [0.1, 0.15) is 6.04 Å². The topological polar surface area (TPSA) is 116 Å². The monoisotopic (exact) mass is 232 g/mol. The fourth-order valence-corrected chi connectivity index (χ4v) is 1.01. The predicted octanol–water partition coefficient (Wildman–Crippen LogP) is -1.54. The van der Waals surface area contributed by atoms with E-state index < -0.39 is 17.9 Å². The van der Waals surface area contributed by atoms with Crippen LogP contribution in [-0.2, 0) is 14.4 Å². The van der Waals surface area contributed by atoms with Crippen molar-refractivity contribution >= 4 is 17.8 Å². The maximum atomic E-state index is 11.2. The SMILES string of the molecule is CC(=O)NCCC(=O)N[C@@H](CCO)C(=O)O. The van der Waals surface area contributed by atoms with Crippen LogP contribution >= 0.6 is 0 Å². The van der Waals surface area contributed by atoms with Crippen molar-refractivity contribution < 1.29 is 24.6 Å². The molecule has 0 bridgehead atoms. The molecule has 0 aliphatic rings. The van der Waals surface area contributed by atoms with Crippen molar-refractivity contribution in [2.45, 2.75) is 25.8 Å². The predicted molar refractivity (Wildman–Crippen MR) is 54.6 cm³/mol. The van der Waals surface area contributed by atoms with Gasteiger partial charge in [-0.25, -0.2) is 4.79 Å². The molecule has 16 heavy (non-hydrogen) atoms. The van der Waals surface area contributed by atoms with Crippen LogP contribution in [0.25, 0.3) is 0 Å². The average Bonchev–Trinajstić information content (AvgIpc) is 2.16. The highest BCUT2D eigenvalue weighted by Gasteiger charge is 2.18. The number of aliphatic hydroxyl groups is 1. The third kappa shape index (κ3) is 6.77. The largest absolute Gasteiger partial charge is 0.480 e. The van der Waals surface area contributed by atoms with Crippen molar-refractivity contribution in [3.05, 3.63) is 0 Å². The van der Waals surface area contributed by atoms with E-state index in [0.29, 0.717) is 0 Å². The van der Waals surface area contributed by atoms with Crippen molar-refractivity contribution in [3.8, 4) is 0 Å². The Hall–Kier alpha value is -1.63. The molecule has 7 nitrogen and oxygen atoms in total. The summed E-state index contributed by atoms with van der Waals surface area (Å²) < 4.78 is 0. The quantitative estimate of drug-likeness (QED) is 0.425. The Balaban J connectivity index is 3.90. The van der Waals surface area contributed by atoms with E-state index in [9.17, 15) is 14.4 Å². The molecule has 0 spiro atoms. The molecular formula is C9H16N2O5. The minimum atomic E-state index is -1.19. The minimum absolute atomic E-state index is 0.00872. The summed E-state index contributed by atoms with van der Waals surface area (Å²) in [5.74, 6) is -1.92. The van der Waals surface area contributed by atoms with Crippen LogP contribution in [0.3, 0.4) is 0 Å². The minimum Gasteiger partial charge on any atom is -0.480 e. The number of carboxylic acid groups (broad SMARTS) is 1. The van der Waals surface area contributed by atoms with Gasteiger partial charge in [-0.2, -0.15) is 0 Å². The van der Waals surface area contributed by atoms with Crippen LogP contribution in [0.1, 0.15) is 19.8 Å². The summed E-state index contributed by atoms with van der Waals surface area (Å²) in [7, 11) is 0. The second-order valence-corrected chi connectivity index (χ2v) is 3.20. The van der Waals surface area contributed by atoms with Gasteiger partial charge < -0.3 is 20.8 Å². The molecule has 7 heteroatoms. The van der Waals surface area contributed by atoms with E-state index in [4.69, 9.17) is 10.2 Å². The van der Waals surface area contributed by atoms with Crippen molar-refractivity contribution in [3.63, 3.8) is 0 Å². The van der Waals surface area contributed by atoms with Gasteiger partial charge in [-0.05, 0) is 0 Å². The second kappa shape index (κ2) is 7.63. The van der Waals surface area contributed by atoms with Gasteiger partial charge in [0.2, 0.25) is 11.8 Å². The van der Waals surface area contributed by atoms with Crippen molar-refractivity contribution in [1.29, 1.82) is 0 Å². The van der Waals surface area contributed by atoms with Crippen LogP contribution in [0.4, 0.5) is 0 Å². The Morgan fingerprint density at radius 2 is 1.94 bits per heavy atom. The first-order valence-electron chi connectivity index (χ1n) is 4.84. The first-order valence-corrected chi connectivity index (χ1v) is 4.84. The van der Waals surface area contributed by atoms with E-state index in [1.165, 1.54) is 6.92 Å². The Kier molecular flexibility index (Phi) is 6.86. The van der Waals surface area contributed by atoms with Crippen LogP contribution in [0.15, 0.2) is 0 Å². The first kappa shape index (κ1) is 14.4. The van der Waals surface area contributed by atoms with Gasteiger partial charge in [0.15, 0.2) is 0 Å².